The highest BCUT2D eigenvalue weighted by molar-refractivity contribution is 5.54. The van der Waals surface area contributed by atoms with Crippen LogP contribution in [0.1, 0.15) is 37.5 Å². The molecule has 1 aromatic carbocycles. The zero-order valence-electron chi connectivity index (χ0n) is 11.0. The van der Waals surface area contributed by atoms with Crippen LogP contribution in [0.3, 0.4) is 0 Å². The maximum Gasteiger partial charge on any atom is 0.229 e. The molecule has 1 saturated heterocycles. The molecule has 19 heavy (non-hydrogen) atoms. The first-order valence-electron chi connectivity index (χ1n) is 6.41. The third-order valence-electron chi connectivity index (χ3n) is 3.00. The lowest BCUT2D eigenvalue weighted by Crippen LogP contribution is -1.97. The van der Waals surface area contributed by atoms with E-state index < -0.39 is 0 Å². The summed E-state index contributed by atoms with van der Waals surface area (Å²) >= 11 is 0. The van der Waals surface area contributed by atoms with E-state index in [0.717, 1.165) is 11.1 Å². The van der Waals surface area contributed by atoms with Crippen molar-refractivity contribution in [2.24, 2.45) is 0 Å². The van der Waals surface area contributed by atoms with Crippen molar-refractivity contribution in [3.8, 4) is 11.4 Å². The van der Waals surface area contributed by atoms with Gasteiger partial charge in [-0.15, -0.1) is 0 Å². The summed E-state index contributed by atoms with van der Waals surface area (Å²) < 4.78 is 16.1. The molecule has 100 valence electrons. The summed E-state index contributed by atoms with van der Waals surface area (Å²) in [7, 11) is 0. The highest BCUT2D eigenvalue weighted by Crippen LogP contribution is 2.26. The van der Waals surface area contributed by atoms with Gasteiger partial charge in [-0.2, -0.15) is 4.98 Å². The molecule has 1 aliphatic rings. The van der Waals surface area contributed by atoms with Gasteiger partial charge in [0.25, 0.3) is 0 Å². The second-order valence-corrected chi connectivity index (χ2v) is 4.81. The van der Waals surface area contributed by atoms with E-state index in [4.69, 9.17) is 14.0 Å². The van der Waals surface area contributed by atoms with Crippen molar-refractivity contribution in [1.29, 1.82) is 0 Å². The van der Waals surface area contributed by atoms with E-state index in [9.17, 15) is 0 Å². The minimum absolute atomic E-state index is 0.237. The van der Waals surface area contributed by atoms with Crippen LogP contribution < -0.4 is 0 Å². The fourth-order valence-corrected chi connectivity index (χ4v) is 1.93. The maximum atomic E-state index is 5.45. The molecule has 2 aromatic rings. The summed E-state index contributed by atoms with van der Waals surface area (Å²) in [5, 5.41) is 3.99. The van der Waals surface area contributed by atoms with Crippen LogP contribution in [0.5, 0.6) is 0 Å². The summed E-state index contributed by atoms with van der Waals surface area (Å²) in [4.78, 5) is 4.37. The zero-order chi connectivity index (χ0) is 13.2. The van der Waals surface area contributed by atoms with Crippen molar-refractivity contribution < 1.29 is 14.0 Å². The number of benzene rings is 1. The molecule has 5 heteroatoms. The molecule has 1 aliphatic heterocycles. The first-order valence-corrected chi connectivity index (χ1v) is 6.41. The molecule has 1 aromatic heterocycles. The molecule has 0 spiro atoms. The van der Waals surface area contributed by atoms with Gasteiger partial charge in [-0.1, -0.05) is 43.3 Å². The highest BCUT2D eigenvalue weighted by atomic mass is 16.7. The third-order valence-corrected chi connectivity index (χ3v) is 3.00. The van der Waals surface area contributed by atoms with Gasteiger partial charge in [-0.25, -0.2) is 0 Å². The Morgan fingerprint density at radius 2 is 1.79 bits per heavy atom. The van der Waals surface area contributed by atoms with Gasteiger partial charge in [-0.05, 0) is 0 Å². The number of rotatable bonds is 3. The van der Waals surface area contributed by atoms with Crippen LogP contribution in [0.2, 0.25) is 0 Å². The molecule has 0 atom stereocenters. The smallest absolute Gasteiger partial charge is 0.229 e. The Balaban J connectivity index is 1.81. The van der Waals surface area contributed by atoms with Gasteiger partial charge in [0, 0.05) is 17.0 Å². The summed E-state index contributed by atoms with van der Waals surface area (Å²) in [5.74, 6) is 1.51. The van der Waals surface area contributed by atoms with Crippen LogP contribution >= 0.6 is 0 Å². The van der Waals surface area contributed by atoms with Gasteiger partial charge < -0.3 is 14.0 Å². The number of hydrogen-bond donors (Lipinski definition) is 0. The fraction of sp³-hybridized carbons (Fsp3) is 0.429. The molecule has 0 aliphatic carbocycles. The molecular weight excluding hydrogens is 244 g/mol. The highest BCUT2D eigenvalue weighted by Gasteiger charge is 2.18. The van der Waals surface area contributed by atoms with E-state index in [2.05, 4.69) is 10.1 Å². The van der Waals surface area contributed by atoms with Gasteiger partial charge in [0.2, 0.25) is 11.7 Å². The van der Waals surface area contributed by atoms with Gasteiger partial charge in [0.15, 0.2) is 6.29 Å². The lowest BCUT2D eigenvalue weighted by molar-refractivity contribution is -0.0441. The van der Waals surface area contributed by atoms with E-state index in [0.29, 0.717) is 24.9 Å². The van der Waals surface area contributed by atoms with E-state index in [-0.39, 0.29) is 12.2 Å². The molecule has 0 radical (unpaired) electrons. The fourth-order valence-electron chi connectivity index (χ4n) is 1.93. The second kappa shape index (κ2) is 5.11. The summed E-state index contributed by atoms with van der Waals surface area (Å²) in [6.45, 7) is 5.34. The van der Waals surface area contributed by atoms with Crippen molar-refractivity contribution in [2.75, 3.05) is 13.2 Å². The summed E-state index contributed by atoms with van der Waals surface area (Å²) in [5.41, 5.74) is 1.94. The average molecular weight is 260 g/mol. The predicted octanol–water partition coefficient (Wildman–Crippen LogP) is 2.91. The topological polar surface area (TPSA) is 57.4 Å². The molecule has 0 amide bonds. The minimum atomic E-state index is -0.245. The van der Waals surface area contributed by atoms with Crippen molar-refractivity contribution in [3.63, 3.8) is 0 Å². The van der Waals surface area contributed by atoms with Crippen molar-refractivity contribution in [2.45, 2.75) is 26.1 Å². The standard InChI is InChI=1S/C14H16N2O3/c1-9(2)13-15-12(16-19-13)10-3-5-11(6-4-10)14-17-7-8-18-14/h3-6,9,14H,7-8H2,1-2H3. The van der Waals surface area contributed by atoms with E-state index in [1.807, 2.05) is 38.1 Å². The third kappa shape index (κ3) is 2.52. The quantitative estimate of drug-likeness (QED) is 0.849. The number of aromatic nitrogens is 2. The Morgan fingerprint density at radius 3 is 2.37 bits per heavy atom. The van der Waals surface area contributed by atoms with Crippen LogP contribution in [-0.4, -0.2) is 23.4 Å². The first kappa shape index (κ1) is 12.3. The number of ether oxygens (including phenoxy) is 2. The zero-order valence-corrected chi connectivity index (χ0v) is 11.0. The SMILES string of the molecule is CC(C)c1nc(-c2ccc(C3OCCO3)cc2)no1. The molecule has 3 rings (SSSR count). The second-order valence-electron chi connectivity index (χ2n) is 4.81. The van der Waals surface area contributed by atoms with E-state index in [1.54, 1.807) is 0 Å². The maximum absolute atomic E-state index is 5.45. The largest absolute Gasteiger partial charge is 0.346 e. The normalized spacial score (nSPS) is 16.4. The van der Waals surface area contributed by atoms with Gasteiger partial charge in [0.05, 0.1) is 13.2 Å². The first-order chi connectivity index (χ1) is 9.24. The van der Waals surface area contributed by atoms with E-state index in [1.165, 1.54) is 0 Å². The molecule has 2 heterocycles. The van der Waals surface area contributed by atoms with Gasteiger partial charge >= 0.3 is 0 Å². The van der Waals surface area contributed by atoms with Gasteiger partial charge in [-0.3, -0.25) is 0 Å². The Morgan fingerprint density at radius 1 is 1.11 bits per heavy atom. The molecule has 0 unspecified atom stereocenters. The monoisotopic (exact) mass is 260 g/mol. The average Bonchev–Trinajstić information content (AvgIpc) is 3.11. The van der Waals surface area contributed by atoms with Crippen LogP contribution in [0.15, 0.2) is 28.8 Å². The van der Waals surface area contributed by atoms with Crippen LogP contribution in [-0.2, 0) is 9.47 Å². The molecule has 0 N–H and O–H groups in total. The lowest BCUT2D eigenvalue weighted by atomic mass is 10.1. The van der Waals surface area contributed by atoms with Gasteiger partial charge in [0.1, 0.15) is 0 Å². The van der Waals surface area contributed by atoms with Crippen molar-refractivity contribution >= 4 is 0 Å². The number of nitrogens with zero attached hydrogens (tertiary/aromatic N) is 2. The Kier molecular flexibility index (Phi) is 3.31. The molecule has 0 bridgehead atoms. The Labute approximate surface area is 111 Å². The Bertz CT molecular complexity index is 542. The Hall–Kier alpha value is -1.72. The molecule has 0 saturated carbocycles. The summed E-state index contributed by atoms with van der Waals surface area (Å²) in [6, 6.07) is 7.85. The minimum Gasteiger partial charge on any atom is -0.346 e. The van der Waals surface area contributed by atoms with Crippen LogP contribution in [0.4, 0.5) is 0 Å². The van der Waals surface area contributed by atoms with Crippen LogP contribution in [0.25, 0.3) is 11.4 Å². The molecule has 1 fully saturated rings. The lowest BCUT2D eigenvalue weighted by Gasteiger charge is -2.08. The predicted molar refractivity (Wildman–Crippen MR) is 68.5 cm³/mol. The van der Waals surface area contributed by atoms with Crippen LogP contribution in [0, 0.1) is 0 Å². The molecular formula is C14H16N2O3. The summed E-state index contributed by atoms with van der Waals surface area (Å²) in [6.07, 6.45) is -0.245. The number of hydrogen-bond acceptors (Lipinski definition) is 5. The molecule has 5 nitrogen and oxygen atoms in total. The van der Waals surface area contributed by atoms with Crippen molar-refractivity contribution in [3.05, 3.63) is 35.7 Å². The van der Waals surface area contributed by atoms with E-state index >= 15 is 0 Å². The van der Waals surface area contributed by atoms with Crippen molar-refractivity contribution in [1.82, 2.24) is 10.1 Å².